The number of carbonyl (C=O) groups excluding carboxylic acids is 1. The Bertz CT molecular complexity index is 832. The molecule has 2 aromatic heterocycles. The van der Waals surface area contributed by atoms with Crippen LogP contribution in [0, 0.1) is 5.92 Å². The fourth-order valence-corrected chi connectivity index (χ4v) is 2.60. The summed E-state index contributed by atoms with van der Waals surface area (Å²) in [5.41, 5.74) is 7.73. The van der Waals surface area contributed by atoms with Crippen LogP contribution in [-0.2, 0) is 4.79 Å². The van der Waals surface area contributed by atoms with E-state index in [9.17, 15) is 4.79 Å². The molecule has 1 aliphatic heterocycles. The maximum absolute atomic E-state index is 12.3. The van der Waals surface area contributed by atoms with Crippen LogP contribution in [-0.4, -0.2) is 24.0 Å². The molecule has 0 atom stereocenters. The molecule has 1 saturated heterocycles. The van der Waals surface area contributed by atoms with Crippen molar-refractivity contribution in [1.29, 1.82) is 0 Å². The minimum atomic E-state index is -0.0954. The zero-order valence-corrected chi connectivity index (χ0v) is 14.7. The lowest BCUT2D eigenvalue weighted by Gasteiger charge is -2.39. The Morgan fingerprint density at radius 3 is 2.81 bits per heavy atom. The smallest absolute Gasteiger partial charge is 0.231 e. The lowest BCUT2D eigenvalue weighted by molar-refractivity contribution is -0.124. The second kappa shape index (κ2) is 7.74. The molecule has 6 nitrogen and oxygen atoms in total. The number of anilines is 1. The Labute approximate surface area is 152 Å². The molecule has 1 fully saturated rings. The van der Waals surface area contributed by atoms with E-state index in [1.54, 1.807) is 18.5 Å². The highest BCUT2D eigenvalue weighted by Gasteiger charge is 2.33. The number of aromatic nitrogens is 1. The van der Waals surface area contributed by atoms with Crippen LogP contribution in [0.5, 0.6) is 0 Å². The molecule has 1 amide bonds. The maximum Gasteiger partial charge on any atom is 0.231 e. The van der Waals surface area contributed by atoms with Crippen molar-refractivity contribution < 1.29 is 9.21 Å². The van der Waals surface area contributed by atoms with Gasteiger partial charge in [-0.1, -0.05) is 18.7 Å². The molecular weight excluding hydrogens is 328 g/mol. The van der Waals surface area contributed by atoms with Crippen LogP contribution < -0.4 is 16.0 Å². The summed E-state index contributed by atoms with van der Waals surface area (Å²) in [5, 5.41) is 2.79. The van der Waals surface area contributed by atoms with Crippen molar-refractivity contribution >= 4 is 17.3 Å². The minimum Gasteiger partial charge on any atom is -0.465 e. The highest BCUT2D eigenvalue weighted by atomic mass is 16.3. The maximum atomic E-state index is 12.3. The lowest BCUT2D eigenvalue weighted by atomic mass is 9.99. The van der Waals surface area contributed by atoms with Crippen LogP contribution >= 0.6 is 0 Å². The van der Waals surface area contributed by atoms with Crippen LogP contribution in [0.3, 0.4) is 0 Å². The minimum absolute atomic E-state index is 0.0785. The number of furan rings is 1. The fourth-order valence-electron chi connectivity index (χ4n) is 2.60. The third kappa shape index (κ3) is 4.03. The zero-order chi connectivity index (χ0) is 18.5. The summed E-state index contributed by atoms with van der Waals surface area (Å²) in [6.45, 7) is 7.04. The van der Waals surface area contributed by atoms with Gasteiger partial charge < -0.3 is 20.4 Å². The normalized spacial score (nSPS) is 15.5. The SMILES string of the molecule is C=C(NC(=O)C1CN(c2ccccn2)C1)/C(N)=C\C=C(/C)c1ccco1. The molecule has 0 unspecified atom stereocenters. The van der Waals surface area contributed by atoms with Crippen LogP contribution in [0.1, 0.15) is 12.7 Å². The van der Waals surface area contributed by atoms with E-state index in [0.29, 0.717) is 24.5 Å². The van der Waals surface area contributed by atoms with E-state index >= 15 is 0 Å². The molecule has 0 aromatic carbocycles. The molecule has 2 aromatic rings. The number of nitrogens with zero attached hydrogens (tertiary/aromatic N) is 2. The summed E-state index contributed by atoms with van der Waals surface area (Å²) in [5.74, 6) is 1.48. The van der Waals surface area contributed by atoms with E-state index < -0.39 is 0 Å². The van der Waals surface area contributed by atoms with E-state index in [1.165, 1.54) is 0 Å². The molecule has 134 valence electrons. The van der Waals surface area contributed by atoms with Gasteiger partial charge in [0.15, 0.2) is 0 Å². The van der Waals surface area contributed by atoms with Crippen LogP contribution in [0.15, 0.2) is 77.3 Å². The van der Waals surface area contributed by atoms with Gasteiger partial charge in [-0.15, -0.1) is 0 Å². The van der Waals surface area contributed by atoms with Gasteiger partial charge >= 0.3 is 0 Å². The Morgan fingerprint density at radius 2 is 2.15 bits per heavy atom. The molecule has 6 heteroatoms. The van der Waals surface area contributed by atoms with E-state index in [1.807, 2.05) is 43.3 Å². The van der Waals surface area contributed by atoms with Gasteiger partial charge in [0.05, 0.1) is 23.6 Å². The average Bonchev–Trinajstić information content (AvgIpc) is 3.13. The molecule has 0 saturated carbocycles. The number of hydrogen-bond donors (Lipinski definition) is 2. The molecule has 26 heavy (non-hydrogen) atoms. The molecule has 3 N–H and O–H groups in total. The number of nitrogens with one attached hydrogen (secondary N) is 1. The first-order valence-corrected chi connectivity index (χ1v) is 8.38. The third-order valence-electron chi connectivity index (χ3n) is 4.27. The number of allylic oxidation sites excluding steroid dienone is 3. The number of hydrogen-bond acceptors (Lipinski definition) is 5. The molecule has 0 bridgehead atoms. The monoisotopic (exact) mass is 350 g/mol. The molecule has 1 aliphatic rings. The summed E-state index contributed by atoms with van der Waals surface area (Å²) in [6.07, 6.45) is 6.90. The first-order valence-electron chi connectivity index (χ1n) is 8.38. The molecule has 0 spiro atoms. The van der Waals surface area contributed by atoms with Crippen molar-refractivity contribution in [2.75, 3.05) is 18.0 Å². The summed E-state index contributed by atoms with van der Waals surface area (Å²) in [7, 11) is 0. The number of rotatable bonds is 6. The summed E-state index contributed by atoms with van der Waals surface area (Å²) in [6, 6.07) is 9.43. The first kappa shape index (κ1) is 17.5. The Hall–Kier alpha value is -3.28. The predicted molar refractivity (Wildman–Crippen MR) is 102 cm³/mol. The Kier molecular flexibility index (Phi) is 5.22. The lowest BCUT2D eigenvalue weighted by Crippen LogP contribution is -2.54. The van der Waals surface area contributed by atoms with Crippen molar-refractivity contribution in [2.45, 2.75) is 6.92 Å². The van der Waals surface area contributed by atoms with Gasteiger partial charge in [0.25, 0.3) is 0 Å². The highest BCUT2D eigenvalue weighted by molar-refractivity contribution is 5.83. The Balaban J connectivity index is 1.51. The van der Waals surface area contributed by atoms with E-state index in [0.717, 1.165) is 17.2 Å². The highest BCUT2D eigenvalue weighted by Crippen LogP contribution is 2.22. The van der Waals surface area contributed by atoms with Gasteiger partial charge in [-0.2, -0.15) is 0 Å². The summed E-state index contributed by atoms with van der Waals surface area (Å²) in [4.78, 5) is 18.6. The Morgan fingerprint density at radius 1 is 1.35 bits per heavy atom. The largest absolute Gasteiger partial charge is 0.465 e. The topological polar surface area (TPSA) is 84.4 Å². The number of nitrogens with two attached hydrogens (primary N) is 1. The third-order valence-corrected chi connectivity index (χ3v) is 4.27. The van der Waals surface area contributed by atoms with E-state index in [2.05, 4.69) is 21.8 Å². The van der Waals surface area contributed by atoms with Gasteiger partial charge in [0.2, 0.25) is 5.91 Å². The van der Waals surface area contributed by atoms with Crippen LogP contribution in [0.4, 0.5) is 5.82 Å². The number of carbonyl (C=O) groups is 1. The average molecular weight is 350 g/mol. The van der Waals surface area contributed by atoms with Gasteiger partial charge in [-0.3, -0.25) is 4.79 Å². The molecule has 0 aliphatic carbocycles. The molecular formula is C20H22N4O2. The second-order valence-electron chi connectivity index (χ2n) is 6.21. The number of amides is 1. The second-order valence-corrected chi connectivity index (χ2v) is 6.21. The van der Waals surface area contributed by atoms with E-state index in [4.69, 9.17) is 10.2 Å². The van der Waals surface area contributed by atoms with Crippen molar-refractivity contribution in [2.24, 2.45) is 11.7 Å². The fraction of sp³-hybridized carbons (Fsp3) is 0.200. The van der Waals surface area contributed by atoms with Gasteiger partial charge in [0, 0.05) is 19.3 Å². The predicted octanol–water partition coefficient (Wildman–Crippen LogP) is 2.69. The quantitative estimate of drug-likeness (QED) is 0.783. The van der Waals surface area contributed by atoms with Crippen molar-refractivity contribution in [1.82, 2.24) is 10.3 Å². The van der Waals surface area contributed by atoms with Gasteiger partial charge in [-0.05, 0) is 42.8 Å². The summed E-state index contributed by atoms with van der Waals surface area (Å²) >= 11 is 0. The van der Waals surface area contributed by atoms with Crippen molar-refractivity contribution in [3.8, 4) is 0 Å². The van der Waals surface area contributed by atoms with E-state index in [-0.39, 0.29) is 11.8 Å². The standard InChI is InChI=1S/C20H22N4O2/c1-14(18-6-5-11-26-18)8-9-17(21)15(2)23-20(25)16-12-24(13-16)19-7-3-4-10-22-19/h3-11,16H,2,12-13,21H2,1H3,(H,23,25)/b14-8+,17-9+. The van der Waals surface area contributed by atoms with Crippen molar-refractivity contribution in [3.63, 3.8) is 0 Å². The first-order chi connectivity index (χ1) is 12.5. The summed E-state index contributed by atoms with van der Waals surface area (Å²) < 4.78 is 5.31. The number of pyridine rings is 1. The van der Waals surface area contributed by atoms with Crippen LogP contribution in [0.2, 0.25) is 0 Å². The molecule has 3 heterocycles. The van der Waals surface area contributed by atoms with Crippen molar-refractivity contribution in [3.05, 3.63) is 78.7 Å². The van der Waals surface area contributed by atoms with Gasteiger partial charge in [-0.25, -0.2) is 4.98 Å². The van der Waals surface area contributed by atoms with Crippen LogP contribution in [0.25, 0.3) is 5.57 Å². The molecule has 3 rings (SSSR count). The zero-order valence-electron chi connectivity index (χ0n) is 14.7. The molecule has 0 radical (unpaired) electrons. The van der Waals surface area contributed by atoms with Gasteiger partial charge in [0.1, 0.15) is 11.6 Å².